The average molecular weight is 413 g/mol. The highest BCUT2D eigenvalue weighted by Crippen LogP contribution is 2.31. The predicted octanol–water partition coefficient (Wildman–Crippen LogP) is 4.99. The summed E-state index contributed by atoms with van der Waals surface area (Å²) in [6.07, 6.45) is 3.57. The topological polar surface area (TPSA) is 53.9 Å². The molecular weight excluding hydrogens is 391 g/mol. The number of nitrogens with one attached hydrogen (secondary N) is 1. The molecule has 1 atom stereocenters. The van der Waals surface area contributed by atoms with Gasteiger partial charge in [0.25, 0.3) is 6.43 Å². The highest BCUT2D eigenvalue weighted by atomic mass is 19.3. The molecule has 156 valence electrons. The molecule has 0 amide bonds. The van der Waals surface area contributed by atoms with Crippen LogP contribution in [0.4, 0.5) is 18.9 Å². The van der Waals surface area contributed by atoms with E-state index < -0.39 is 23.8 Å². The number of fused-ring (bicyclic) bond motifs is 1. The van der Waals surface area contributed by atoms with Crippen molar-refractivity contribution in [2.24, 2.45) is 0 Å². The van der Waals surface area contributed by atoms with Crippen LogP contribution in [-0.2, 0) is 0 Å². The monoisotopic (exact) mass is 413 g/mol. The van der Waals surface area contributed by atoms with E-state index in [4.69, 9.17) is 0 Å². The molecule has 0 bridgehead atoms. The Morgan fingerprint density at radius 1 is 1.17 bits per heavy atom. The smallest absolute Gasteiger partial charge is 0.266 e. The van der Waals surface area contributed by atoms with Crippen molar-refractivity contribution in [1.82, 2.24) is 20.1 Å². The molecule has 4 rings (SSSR count). The summed E-state index contributed by atoms with van der Waals surface area (Å²) in [6.45, 7) is 3.57. The first-order valence-electron chi connectivity index (χ1n) is 9.76. The van der Waals surface area contributed by atoms with Crippen LogP contribution in [0.1, 0.15) is 42.5 Å². The number of hydrogen-bond acceptors (Lipinski definition) is 5. The summed E-state index contributed by atoms with van der Waals surface area (Å²) in [5, 5.41) is 12.0. The minimum Gasteiger partial charge on any atom is -0.377 e. The highest BCUT2D eigenvalue weighted by molar-refractivity contribution is 5.90. The minimum atomic E-state index is -2.87. The Kier molecular flexibility index (Phi) is 5.67. The molecule has 2 aromatic heterocycles. The van der Waals surface area contributed by atoms with Gasteiger partial charge in [0, 0.05) is 30.2 Å². The maximum atomic E-state index is 14.6. The van der Waals surface area contributed by atoms with E-state index in [1.165, 1.54) is 17.7 Å². The van der Waals surface area contributed by atoms with Crippen LogP contribution in [0.2, 0.25) is 0 Å². The van der Waals surface area contributed by atoms with Gasteiger partial charge in [0.05, 0.1) is 23.5 Å². The lowest BCUT2D eigenvalue weighted by atomic mass is 10.00. The number of anilines is 1. The number of rotatable bonds is 5. The Bertz CT molecular complexity index is 1100. The van der Waals surface area contributed by atoms with Crippen molar-refractivity contribution in [3.8, 4) is 0 Å². The first-order valence-corrected chi connectivity index (χ1v) is 9.76. The molecule has 5 nitrogen and oxygen atoms in total. The highest BCUT2D eigenvalue weighted by Gasteiger charge is 2.20. The number of hydrogen-bond donors (Lipinski definition) is 1. The number of aromatic nitrogens is 3. The van der Waals surface area contributed by atoms with Crippen LogP contribution in [0.3, 0.4) is 0 Å². The molecular formula is C22H22F3N5. The zero-order chi connectivity index (χ0) is 21.3. The number of nitrogens with zero attached hydrogens (tertiary/aromatic N) is 4. The molecule has 0 fully saturated rings. The molecule has 1 aromatic carbocycles. The molecule has 30 heavy (non-hydrogen) atoms. The second-order valence-corrected chi connectivity index (χ2v) is 7.51. The standard InChI is InChI=1S/C22H22F3N5/c1-13(16-4-3-5-17(20(16)23)21(24)25)28-19-12-27-29-22-18(19)10-15(11-26-22)14-6-8-30(2)9-7-14/h3-6,10-13,21H,7-9H2,1-2H3,(H,26,28,29)/t13-/m1/s1. The van der Waals surface area contributed by atoms with Gasteiger partial charge < -0.3 is 10.2 Å². The quantitative estimate of drug-likeness (QED) is 0.638. The zero-order valence-electron chi connectivity index (χ0n) is 16.7. The molecule has 1 N–H and O–H groups in total. The van der Waals surface area contributed by atoms with E-state index in [0.29, 0.717) is 11.3 Å². The number of pyridine rings is 1. The van der Waals surface area contributed by atoms with Crippen molar-refractivity contribution in [2.75, 3.05) is 25.5 Å². The summed E-state index contributed by atoms with van der Waals surface area (Å²) in [5.74, 6) is -0.894. The summed E-state index contributed by atoms with van der Waals surface area (Å²) in [6, 6.07) is 5.48. The molecule has 3 aromatic rings. The van der Waals surface area contributed by atoms with Gasteiger partial charge >= 0.3 is 0 Å². The molecule has 1 aliphatic rings. The third kappa shape index (κ3) is 4.00. The fourth-order valence-electron chi connectivity index (χ4n) is 3.65. The molecule has 0 saturated heterocycles. The van der Waals surface area contributed by atoms with Crippen molar-refractivity contribution in [1.29, 1.82) is 0 Å². The number of benzene rings is 1. The maximum absolute atomic E-state index is 14.6. The van der Waals surface area contributed by atoms with Gasteiger partial charge in [0.2, 0.25) is 0 Å². The van der Waals surface area contributed by atoms with E-state index in [0.717, 1.165) is 36.5 Å². The third-order valence-corrected chi connectivity index (χ3v) is 5.41. The van der Waals surface area contributed by atoms with Crippen molar-refractivity contribution in [2.45, 2.75) is 25.8 Å². The third-order valence-electron chi connectivity index (χ3n) is 5.41. The van der Waals surface area contributed by atoms with Gasteiger partial charge in [-0.3, -0.25) is 0 Å². The van der Waals surface area contributed by atoms with E-state index in [-0.39, 0.29) is 5.56 Å². The van der Waals surface area contributed by atoms with Gasteiger partial charge in [-0.25, -0.2) is 18.2 Å². The van der Waals surface area contributed by atoms with Gasteiger partial charge in [-0.15, -0.1) is 5.10 Å². The van der Waals surface area contributed by atoms with E-state index in [2.05, 4.69) is 38.5 Å². The largest absolute Gasteiger partial charge is 0.377 e. The van der Waals surface area contributed by atoms with Crippen LogP contribution in [0, 0.1) is 5.82 Å². The van der Waals surface area contributed by atoms with Crippen LogP contribution >= 0.6 is 0 Å². The molecule has 1 aliphatic heterocycles. The van der Waals surface area contributed by atoms with Crippen molar-refractivity contribution < 1.29 is 13.2 Å². The fraction of sp³-hybridized carbons (Fsp3) is 0.318. The maximum Gasteiger partial charge on any atom is 0.266 e. The molecule has 0 aliphatic carbocycles. The predicted molar refractivity (Wildman–Crippen MR) is 111 cm³/mol. The summed E-state index contributed by atoms with van der Waals surface area (Å²) in [5.41, 5.74) is 2.87. The molecule has 0 spiro atoms. The summed E-state index contributed by atoms with van der Waals surface area (Å²) < 4.78 is 40.7. The minimum absolute atomic E-state index is 0.167. The molecule has 8 heteroatoms. The number of likely N-dealkylation sites (N-methyl/N-ethyl adjacent to an activating group) is 1. The molecule has 3 heterocycles. The van der Waals surface area contributed by atoms with Crippen molar-refractivity contribution in [3.63, 3.8) is 0 Å². The first kappa shape index (κ1) is 20.3. The fourth-order valence-corrected chi connectivity index (χ4v) is 3.65. The van der Waals surface area contributed by atoms with E-state index in [1.807, 2.05) is 6.07 Å². The molecule has 0 saturated carbocycles. The average Bonchev–Trinajstić information content (AvgIpc) is 2.74. The van der Waals surface area contributed by atoms with Crippen molar-refractivity contribution >= 4 is 22.3 Å². The SMILES string of the molecule is C[C@@H](Nc1cnnc2ncc(C3=CCN(C)CC3)cc12)c1cccc(C(F)F)c1F. The Morgan fingerprint density at radius 2 is 1.97 bits per heavy atom. The number of halogens is 3. The van der Waals surface area contributed by atoms with Crippen LogP contribution in [0.25, 0.3) is 16.6 Å². The van der Waals surface area contributed by atoms with Crippen LogP contribution in [0.5, 0.6) is 0 Å². The van der Waals surface area contributed by atoms with Crippen LogP contribution < -0.4 is 5.32 Å². The summed E-state index contributed by atoms with van der Waals surface area (Å²) in [4.78, 5) is 6.67. The first-order chi connectivity index (χ1) is 14.4. The van der Waals surface area contributed by atoms with E-state index >= 15 is 0 Å². The summed E-state index contributed by atoms with van der Waals surface area (Å²) in [7, 11) is 2.08. The lowest BCUT2D eigenvalue weighted by Gasteiger charge is -2.22. The summed E-state index contributed by atoms with van der Waals surface area (Å²) >= 11 is 0. The van der Waals surface area contributed by atoms with Gasteiger partial charge in [-0.05, 0) is 37.6 Å². The molecule has 0 radical (unpaired) electrons. The van der Waals surface area contributed by atoms with Crippen LogP contribution in [0.15, 0.2) is 42.7 Å². The Balaban J connectivity index is 1.67. The Morgan fingerprint density at radius 3 is 2.70 bits per heavy atom. The van der Waals surface area contributed by atoms with Gasteiger partial charge in [-0.1, -0.05) is 24.3 Å². The van der Waals surface area contributed by atoms with Crippen LogP contribution in [-0.4, -0.2) is 40.2 Å². The second-order valence-electron chi connectivity index (χ2n) is 7.51. The Hall–Kier alpha value is -3.00. The zero-order valence-corrected chi connectivity index (χ0v) is 16.7. The number of alkyl halides is 2. The normalized spacial score (nSPS) is 16.0. The lowest BCUT2D eigenvalue weighted by molar-refractivity contribution is 0.146. The van der Waals surface area contributed by atoms with Gasteiger partial charge in [-0.2, -0.15) is 5.10 Å². The van der Waals surface area contributed by atoms with Crippen molar-refractivity contribution in [3.05, 3.63) is 65.2 Å². The van der Waals surface area contributed by atoms with E-state index in [1.54, 1.807) is 19.3 Å². The van der Waals surface area contributed by atoms with Gasteiger partial charge in [0.15, 0.2) is 5.65 Å². The Labute approximate surface area is 172 Å². The van der Waals surface area contributed by atoms with Gasteiger partial charge in [0.1, 0.15) is 5.82 Å². The lowest BCUT2D eigenvalue weighted by Crippen LogP contribution is -2.23. The van der Waals surface area contributed by atoms with E-state index in [9.17, 15) is 13.2 Å². The molecule has 0 unspecified atom stereocenters. The second kappa shape index (κ2) is 8.39.